The van der Waals surface area contributed by atoms with Crippen molar-refractivity contribution >= 4 is 5.97 Å². The first-order chi connectivity index (χ1) is 13.2. The molecule has 1 aromatic heterocycles. The molecule has 0 fully saturated rings. The van der Waals surface area contributed by atoms with Crippen LogP contribution < -0.4 is 0 Å². The number of aryl methyl sites for hydroxylation is 2. The number of hydrogen-bond donors (Lipinski definition) is 0. The van der Waals surface area contributed by atoms with Gasteiger partial charge in [0.1, 0.15) is 6.61 Å². The number of carbonyl (C=O) groups is 1. The molecule has 0 aliphatic carbocycles. The summed E-state index contributed by atoms with van der Waals surface area (Å²) in [5.74, 6) is -0.133. The first-order valence-electron chi connectivity index (χ1n) is 10.3. The molecule has 0 unspecified atom stereocenters. The standard InChI is InChI=1S/C22H33N3O2/c1-3-4-15-21-17-23-24-25(21)16-11-6-5-8-12-19(2)22(26)27-18-20-13-9-7-10-14-20/h7,9-10,13-14,17,19H,3-6,8,11-12,15-16,18H2,1-2H3/t19-/m0/s1. The van der Waals surface area contributed by atoms with Crippen LogP contribution in [-0.2, 0) is 29.1 Å². The van der Waals surface area contributed by atoms with E-state index in [1.807, 2.05) is 48.1 Å². The third-order valence-corrected chi connectivity index (χ3v) is 4.87. The van der Waals surface area contributed by atoms with Gasteiger partial charge in [-0.05, 0) is 31.2 Å². The lowest BCUT2D eigenvalue weighted by atomic mass is 10.0. The normalized spacial score (nSPS) is 12.1. The number of ether oxygens (including phenoxy) is 1. The number of benzene rings is 1. The van der Waals surface area contributed by atoms with Crippen LogP contribution in [-0.4, -0.2) is 21.0 Å². The predicted octanol–water partition coefficient (Wildman–Crippen LogP) is 4.95. The van der Waals surface area contributed by atoms with Gasteiger partial charge in [0.15, 0.2) is 0 Å². The van der Waals surface area contributed by atoms with Crippen LogP contribution >= 0.6 is 0 Å². The van der Waals surface area contributed by atoms with Crippen LogP contribution in [0.3, 0.4) is 0 Å². The molecule has 0 saturated heterocycles. The second-order valence-corrected chi connectivity index (χ2v) is 7.25. The van der Waals surface area contributed by atoms with E-state index < -0.39 is 0 Å². The summed E-state index contributed by atoms with van der Waals surface area (Å²) in [6, 6.07) is 9.82. The van der Waals surface area contributed by atoms with Crippen LogP contribution in [0, 0.1) is 5.92 Å². The highest BCUT2D eigenvalue weighted by Crippen LogP contribution is 2.14. The van der Waals surface area contributed by atoms with Gasteiger partial charge >= 0.3 is 5.97 Å². The van der Waals surface area contributed by atoms with Gasteiger partial charge < -0.3 is 4.74 Å². The molecule has 5 heteroatoms. The van der Waals surface area contributed by atoms with Crippen LogP contribution in [0.1, 0.15) is 70.1 Å². The molecule has 27 heavy (non-hydrogen) atoms. The highest BCUT2D eigenvalue weighted by Gasteiger charge is 2.14. The molecule has 0 N–H and O–H groups in total. The molecule has 0 bridgehead atoms. The third-order valence-electron chi connectivity index (χ3n) is 4.87. The molecule has 2 aromatic rings. The van der Waals surface area contributed by atoms with Gasteiger partial charge in [0.2, 0.25) is 0 Å². The van der Waals surface area contributed by atoms with Crippen molar-refractivity contribution in [1.82, 2.24) is 15.0 Å². The average Bonchev–Trinajstić information content (AvgIpc) is 3.15. The molecule has 0 saturated carbocycles. The second-order valence-electron chi connectivity index (χ2n) is 7.25. The van der Waals surface area contributed by atoms with Crippen molar-refractivity contribution in [2.75, 3.05) is 0 Å². The summed E-state index contributed by atoms with van der Waals surface area (Å²) < 4.78 is 7.45. The summed E-state index contributed by atoms with van der Waals surface area (Å²) in [6.45, 7) is 5.46. The number of esters is 1. The molecular weight excluding hydrogens is 338 g/mol. The lowest BCUT2D eigenvalue weighted by molar-refractivity contribution is -0.149. The highest BCUT2D eigenvalue weighted by molar-refractivity contribution is 5.71. The fraction of sp³-hybridized carbons (Fsp3) is 0.591. The van der Waals surface area contributed by atoms with E-state index in [1.165, 1.54) is 18.5 Å². The fourth-order valence-corrected chi connectivity index (χ4v) is 3.07. The molecule has 1 aromatic carbocycles. The van der Waals surface area contributed by atoms with E-state index in [9.17, 15) is 4.79 Å². The Kier molecular flexibility index (Phi) is 9.60. The quantitative estimate of drug-likeness (QED) is 0.369. The van der Waals surface area contributed by atoms with Gasteiger partial charge in [-0.15, -0.1) is 5.10 Å². The van der Waals surface area contributed by atoms with Crippen molar-refractivity contribution in [3.8, 4) is 0 Å². The van der Waals surface area contributed by atoms with Gasteiger partial charge in [-0.1, -0.05) is 75.1 Å². The molecule has 1 heterocycles. The zero-order valence-corrected chi connectivity index (χ0v) is 16.8. The number of nitrogens with zero attached hydrogens (tertiary/aromatic N) is 3. The van der Waals surface area contributed by atoms with Gasteiger partial charge in [-0.25, -0.2) is 4.68 Å². The second kappa shape index (κ2) is 12.3. The number of hydrogen-bond acceptors (Lipinski definition) is 4. The Hall–Kier alpha value is -2.17. The van der Waals surface area contributed by atoms with Gasteiger partial charge in [-0.2, -0.15) is 0 Å². The number of carbonyl (C=O) groups excluding carboxylic acids is 1. The Balaban J connectivity index is 1.54. The molecular formula is C22H33N3O2. The highest BCUT2D eigenvalue weighted by atomic mass is 16.5. The molecule has 148 valence electrons. The van der Waals surface area contributed by atoms with Crippen LogP contribution in [0.25, 0.3) is 0 Å². The Labute approximate surface area is 163 Å². The zero-order chi connectivity index (χ0) is 19.3. The van der Waals surface area contributed by atoms with Crippen molar-refractivity contribution in [2.45, 2.75) is 78.4 Å². The Morgan fingerprint density at radius 3 is 2.67 bits per heavy atom. The lowest BCUT2D eigenvalue weighted by Gasteiger charge is -2.11. The molecule has 0 aliphatic rings. The largest absolute Gasteiger partial charge is 0.461 e. The maximum Gasteiger partial charge on any atom is 0.308 e. The molecule has 2 rings (SSSR count). The summed E-state index contributed by atoms with van der Waals surface area (Å²) in [7, 11) is 0. The maximum absolute atomic E-state index is 12.1. The van der Waals surface area contributed by atoms with E-state index in [0.29, 0.717) is 6.61 Å². The van der Waals surface area contributed by atoms with Gasteiger partial charge in [0.25, 0.3) is 0 Å². The molecule has 0 amide bonds. The van der Waals surface area contributed by atoms with Gasteiger partial charge in [0.05, 0.1) is 17.8 Å². The Morgan fingerprint density at radius 1 is 1.11 bits per heavy atom. The average molecular weight is 372 g/mol. The van der Waals surface area contributed by atoms with Crippen molar-refractivity contribution in [3.63, 3.8) is 0 Å². The summed E-state index contributed by atoms with van der Waals surface area (Å²) >= 11 is 0. The van der Waals surface area contributed by atoms with E-state index in [1.54, 1.807) is 0 Å². The SMILES string of the molecule is CCCCc1cnnn1CCCCCC[C@H](C)C(=O)OCc1ccccc1. The smallest absolute Gasteiger partial charge is 0.308 e. The first-order valence-corrected chi connectivity index (χ1v) is 10.3. The lowest BCUT2D eigenvalue weighted by Crippen LogP contribution is -2.14. The minimum atomic E-state index is -0.0953. The number of rotatable bonds is 13. The number of aromatic nitrogens is 3. The summed E-state index contributed by atoms with van der Waals surface area (Å²) in [5.41, 5.74) is 2.27. The van der Waals surface area contributed by atoms with Gasteiger partial charge in [0, 0.05) is 6.54 Å². The van der Waals surface area contributed by atoms with E-state index >= 15 is 0 Å². The number of unbranched alkanes of at least 4 members (excludes halogenated alkanes) is 4. The summed E-state index contributed by atoms with van der Waals surface area (Å²) in [6.07, 6.45) is 10.7. The Bertz CT molecular complexity index is 655. The van der Waals surface area contributed by atoms with E-state index in [2.05, 4.69) is 17.2 Å². The summed E-state index contributed by atoms with van der Waals surface area (Å²) in [5, 5.41) is 8.22. The van der Waals surface area contributed by atoms with Crippen molar-refractivity contribution in [3.05, 3.63) is 47.8 Å². The van der Waals surface area contributed by atoms with Crippen molar-refractivity contribution in [1.29, 1.82) is 0 Å². The minimum Gasteiger partial charge on any atom is -0.461 e. The third kappa shape index (κ3) is 7.94. The van der Waals surface area contributed by atoms with E-state index in [-0.39, 0.29) is 11.9 Å². The van der Waals surface area contributed by atoms with E-state index in [4.69, 9.17) is 4.74 Å². The van der Waals surface area contributed by atoms with Crippen LogP contribution in [0.2, 0.25) is 0 Å². The molecule has 5 nitrogen and oxygen atoms in total. The molecule has 1 atom stereocenters. The van der Waals surface area contributed by atoms with Gasteiger partial charge in [-0.3, -0.25) is 4.79 Å². The van der Waals surface area contributed by atoms with Crippen LogP contribution in [0.5, 0.6) is 0 Å². The van der Waals surface area contributed by atoms with E-state index in [0.717, 1.165) is 50.6 Å². The van der Waals surface area contributed by atoms with Crippen LogP contribution in [0.4, 0.5) is 0 Å². The fourth-order valence-electron chi connectivity index (χ4n) is 3.07. The Morgan fingerprint density at radius 2 is 1.89 bits per heavy atom. The monoisotopic (exact) mass is 371 g/mol. The molecule has 0 aliphatic heterocycles. The minimum absolute atomic E-state index is 0.0373. The topological polar surface area (TPSA) is 57.0 Å². The molecule has 0 spiro atoms. The van der Waals surface area contributed by atoms with Crippen LogP contribution in [0.15, 0.2) is 36.5 Å². The first kappa shape index (κ1) is 21.1. The van der Waals surface area contributed by atoms with Crippen molar-refractivity contribution in [2.24, 2.45) is 5.92 Å². The maximum atomic E-state index is 12.1. The zero-order valence-electron chi connectivity index (χ0n) is 16.8. The van der Waals surface area contributed by atoms with Crippen molar-refractivity contribution < 1.29 is 9.53 Å². The summed E-state index contributed by atoms with van der Waals surface area (Å²) in [4.78, 5) is 12.1. The predicted molar refractivity (Wildman–Crippen MR) is 107 cm³/mol. The molecule has 0 radical (unpaired) electrons.